The molecule has 1 amide bonds. The van der Waals surface area contributed by atoms with Crippen LogP contribution in [-0.4, -0.2) is 28.0 Å². The fourth-order valence-electron chi connectivity index (χ4n) is 1.78. The van der Waals surface area contributed by atoms with Gasteiger partial charge in [0, 0.05) is 24.2 Å². The van der Waals surface area contributed by atoms with Gasteiger partial charge >= 0.3 is 0 Å². The summed E-state index contributed by atoms with van der Waals surface area (Å²) in [5.41, 5.74) is 0.198. The predicted octanol–water partition coefficient (Wildman–Crippen LogP) is 4.17. The van der Waals surface area contributed by atoms with E-state index in [1.807, 2.05) is 0 Å². The van der Waals surface area contributed by atoms with E-state index >= 15 is 0 Å². The Balaban J connectivity index is 1.96. The molecule has 2 heterocycles. The predicted molar refractivity (Wildman–Crippen MR) is 89.0 cm³/mol. The lowest BCUT2D eigenvalue weighted by molar-refractivity contribution is -0.121. The molecule has 22 heavy (non-hydrogen) atoms. The molecular formula is C14H9ClFN3OS2. The Kier molecular flexibility index (Phi) is 4.28. The quantitative estimate of drug-likeness (QED) is 0.761. The standard InChI is InChI=1S/C14H9ClFN3OS2/c1-19-12(20)11(7-8-9(15)3-2-4-10(8)16)22-14(19)18-13-17-5-6-21-13/h2-7H,1H3/b11-7-,18-14+. The average molecular weight is 354 g/mol. The van der Waals surface area contributed by atoms with Crippen LogP contribution in [0, 0.1) is 5.82 Å². The van der Waals surface area contributed by atoms with E-state index in [2.05, 4.69) is 9.98 Å². The van der Waals surface area contributed by atoms with Gasteiger partial charge in [-0.2, -0.15) is 4.99 Å². The molecule has 8 heteroatoms. The Hall–Kier alpha value is -1.70. The van der Waals surface area contributed by atoms with Crippen molar-refractivity contribution in [2.75, 3.05) is 7.05 Å². The molecule has 1 saturated heterocycles. The molecule has 3 rings (SSSR count). The molecule has 0 aliphatic carbocycles. The number of nitrogens with zero attached hydrogens (tertiary/aromatic N) is 3. The summed E-state index contributed by atoms with van der Waals surface area (Å²) in [4.78, 5) is 22.4. The van der Waals surface area contributed by atoms with Crippen molar-refractivity contribution in [1.29, 1.82) is 0 Å². The Bertz CT molecular complexity index is 769. The number of carbonyl (C=O) groups excluding carboxylic acids is 1. The first-order chi connectivity index (χ1) is 10.6. The van der Waals surface area contributed by atoms with Gasteiger partial charge in [0.15, 0.2) is 5.17 Å². The Morgan fingerprint density at radius 1 is 1.45 bits per heavy atom. The van der Waals surface area contributed by atoms with Crippen LogP contribution in [0.4, 0.5) is 9.52 Å². The van der Waals surface area contributed by atoms with Crippen LogP contribution in [0.15, 0.2) is 39.7 Å². The minimum absolute atomic E-state index is 0.198. The van der Waals surface area contributed by atoms with E-state index in [1.165, 1.54) is 46.2 Å². The van der Waals surface area contributed by atoms with Crippen molar-refractivity contribution in [2.24, 2.45) is 4.99 Å². The molecule has 0 N–H and O–H groups in total. The van der Waals surface area contributed by atoms with Crippen LogP contribution >= 0.6 is 34.7 Å². The summed E-state index contributed by atoms with van der Waals surface area (Å²) >= 11 is 8.53. The van der Waals surface area contributed by atoms with Crippen molar-refractivity contribution in [3.8, 4) is 0 Å². The van der Waals surface area contributed by atoms with Gasteiger partial charge in [-0.25, -0.2) is 9.37 Å². The maximum absolute atomic E-state index is 13.8. The molecule has 0 saturated carbocycles. The number of halogens is 2. The number of carbonyl (C=O) groups is 1. The third kappa shape index (κ3) is 2.92. The third-order valence-electron chi connectivity index (χ3n) is 2.89. The first-order valence-corrected chi connectivity index (χ1v) is 8.23. The zero-order valence-electron chi connectivity index (χ0n) is 11.3. The second kappa shape index (κ2) is 6.20. The lowest BCUT2D eigenvalue weighted by Crippen LogP contribution is -2.23. The number of amides is 1. The number of hydrogen-bond donors (Lipinski definition) is 0. The van der Waals surface area contributed by atoms with Crippen LogP contribution in [0.5, 0.6) is 0 Å². The fraction of sp³-hybridized carbons (Fsp3) is 0.0714. The number of hydrogen-bond acceptors (Lipinski definition) is 5. The molecule has 1 aliphatic heterocycles. The van der Waals surface area contributed by atoms with E-state index in [4.69, 9.17) is 11.6 Å². The first kappa shape index (κ1) is 15.2. The summed E-state index contributed by atoms with van der Waals surface area (Å²) in [6.45, 7) is 0. The van der Waals surface area contributed by atoms with Gasteiger partial charge in [-0.3, -0.25) is 9.69 Å². The number of amidine groups is 1. The number of benzene rings is 1. The fourth-order valence-corrected chi connectivity index (χ4v) is 3.51. The topological polar surface area (TPSA) is 45.6 Å². The molecule has 112 valence electrons. The molecule has 0 atom stereocenters. The molecule has 1 fully saturated rings. The van der Waals surface area contributed by atoms with Crippen molar-refractivity contribution in [3.05, 3.63) is 51.1 Å². The van der Waals surface area contributed by atoms with Crippen LogP contribution in [-0.2, 0) is 4.79 Å². The van der Waals surface area contributed by atoms with Gasteiger partial charge in [-0.05, 0) is 30.0 Å². The molecule has 0 radical (unpaired) electrons. The molecule has 0 spiro atoms. The smallest absolute Gasteiger partial charge is 0.266 e. The largest absolute Gasteiger partial charge is 0.289 e. The molecule has 1 aliphatic rings. The molecular weight excluding hydrogens is 345 g/mol. The highest BCUT2D eigenvalue weighted by molar-refractivity contribution is 8.18. The van der Waals surface area contributed by atoms with E-state index in [-0.39, 0.29) is 16.5 Å². The number of rotatable bonds is 2. The second-order valence-electron chi connectivity index (χ2n) is 4.32. The summed E-state index contributed by atoms with van der Waals surface area (Å²) in [6, 6.07) is 4.40. The van der Waals surface area contributed by atoms with E-state index in [0.717, 1.165) is 0 Å². The third-order valence-corrected chi connectivity index (χ3v) is 4.94. The Labute approximate surface area is 139 Å². The highest BCUT2D eigenvalue weighted by Gasteiger charge is 2.31. The lowest BCUT2D eigenvalue weighted by atomic mass is 10.2. The minimum atomic E-state index is -0.471. The molecule has 4 nitrogen and oxygen atoms in total. The van der Waals surface area contributed by atoms with E-state index in [1.54, 1.807) is 24.7 Å². The SMILES string of the molecule is CN1C(=O)/C(=C/c2c(F)cccc2Cl)S/C1=N/c1nccs1. The van der Waals surface area contributed by atoms with Gasteiger partial charge in [-0.15, -0.1) is 11.3 Å². The maximum atomic E-state index is 13.8. The number of thioether (sulfide) groups is 1. The summed E-state index contributed by atoms with van der Waals surface area (Å²) in [5.74, 6) is -0.721. The van der Waals surface area contributed by atoms with Gasteiger partial charge in [-0.1, -0.05) is 17.7 Å². The second-order valence-corrected chi connectivity index (χ2v) is 6.61. The normalized spacial score (nSPS) is 18.7. The highest BCUT2D eigenvalue weighted by atomic mass is 35.5. The summed E-state index contributed by atoms with van der Waals surface area (Å²) in [7, 11) is 1.62. The average Bonchev–Trinajstić information content (AvgIpc) is 3.08. The van der Waals surface area contributed by atoms with Gasteiger partial charge in [0.2, 0.25) is 5.13 Å². The maximum Gasteiger partial charge on any atom is 0.266 e. The monoisotopic (exact) mass is 353 g/mol. The van der Waals surface area contributed by atoms with Crippen LogP contribution in [0.1, 0.15) is 5.56 Å². The Morgan fingerprint density at radius 3 is 2.95 bits per heavy atom. The van der Waals surface area contributed by atoms with Crippen LogP contribution in [0.2, 0.25) is 5.02 Å². The molecule has 1 aromatic heterocycles. The minimum Gasteiger partial charge on any atom is -0.289 e. The van der Waals surface area contributed by atoms with Crippen molar-refractivity contribution < 1.29 is 9.18 Å². The summed E-state index contributed by atoms with van der Waals surface area (Å²) in [6.07, 6.45) is 3.09. The number of thiazole rings is 1. The van der Waals surface area contributed by atoms with E-state index < -0.39 is 5.82 Å². The van der Waals surface area contributed by atoms with Crippen LogP contribution in [0.25, 0.3) is 6.08 Å². The zero-order chi connectivity index (χ0) is 15.7. The molecule has 1 aromatic carbocycles. The van der Waals surface area contributed by atoms with Gasteiger partial charge < -0.3 is 0 Å². The van der Waals surface area contributed by atoms with E-state index in [9.17, 15) is 9.18 Å². The van der Waals surface area contributed by atoms with Crippen molar-refractivity contribution in [3.63, 3.8) is 0 Å². The van der Waals surface area contributed by atoms with Gasteiger partial charge in [0.25, 0.3) is 5.91 Å². The Morgan fingerprint density at radius 2 is 2.27 bits per heavy atom. The van der Waals surface area contributed by atoms with Crippen LogP contribution in [0.3, 0.4) is 0 Å². The van der Waals surface area contributed by atoms with Gasteiger partial charge in [0.05, 0.1) is 9.93 Å². The first-order valence-electron chi connectivity index (χ1n) is 6.16. The number of aliphatic imine (C=N–C) groups is 1. The highest BCUT2D eigenvalue weighted by Crippen LogP contribution is 2.35. The number of likely N-dealkylation sites (N-methyl/N-ethyl adjacent to an activating group) is 1. The molecule has 0 bridgehead atoms. The lowest BCUT2D eigenvalue weighted by Gasteiger charge is -2.05. The summed E-state index contributed by atoms with van der Waals surface area (Å²) in [5, 5.41) is 3.12. The zero-order valence-corrected chi connectivity index (χ0v) is 13.7. The molecule has 0 unspecified atom stereocenters. The van der Waals surface area contributed by atoms with Gasteiger partial charge in [0.1, 0.15) is 5.82 Å². The van der Waals surface area contributed by atoms with Crippen molar-refractivity contribution in [2.45, 2.75) is 0 Å². The van der Waals surface area contributed by atoms with Crippen LogP contribution < -0.4 is 0 Å². The molecule has 2 aromatic rings. The van der Waals surface area contributed by atoms with Crippen molar-refractivity contribution in [1.82, 2.24) is 9.88 Å². The van der Waals surface area contributed by atoms with E-state index in [0.29, 0.717) is 15.2 Å². The van der Waals surface area contributed by atoms with Crippen molar-refractivity contribution >= 4 is 57.0 Å². The number of aromatic nitrogens is 1. The summed E-state index contributed by atoms with van der Waals surface area (Å²) < 4.78 is 13.8.